The highest BCUT2D eigenvalue weighted by Gasteiger charge is 2.18. The Hall–Kier alpha value is -0.810. The molecular formula is C10H22N2O3. The highest BCUT2D eigenvalue weighted by molar-refractivity contribution is 5.74. The Bertz CT molecular complexity index is 176. The van der Waals surface area contributed by atoms with E-state index in [1.807, 2.05) is 13.8 Å². The first kappa shape index (κ1) is 14.2. The normalized spacial score (nSPS) is 12.3. The van der Waals surface area contributed by atoms with Gasteiger partial charge in [0.05, 0.1) is 19.3 Å². The highest BCUT2D eigenvalue weighted by Crippen LogP contribution is 2.00. The van der Waals surface area contributed by atoms with Gasteiger partial charge in [-0.05, 0) is 13.8 Å². The van der Waals surface area contributed by atoms with Crippen LogP contribution in [0.3, 0.4) is 0 Å². The number of methoxy groups -OCH3 is 2. The number of hydrogen-bond acceptors (Lipinski definition) is 3. The van der Waals surface area contributed by atoms with Crippen LogP contribution in [0, 0.1) is 0 Å². The van der Waals surface area contributed by atoms with Gasteiger partial charge in [0.25, 0.3) is 0 Å². The number of hydrogen-bond donors (Lipinski definition) is 1. The lowest BCUT2D eigenvalue weighted by atomic mass is 10.3. The molecule has 0 radical (unpaired) electrons. The second-order valence-electron chi connectivity index (χ2n) is 3.33. The number of carbonyl (C=O) groups excluding carboxylic acids is 1. The van der Waals surface area contributed by atoms with Crippen molar-refractivity contribution in [3.63, 3.8) is 0 Å². The summed E-state index contributed by atoms with van der Waals surface area (Å²) in [6.07, 6.45) is 0. The van der Waals surface area contributed by atoms with Crippen molar-refractivity contribution < 1.29 is 14.3 Å². The van der Waals surface area contributed by atoms with Crippen molar-refractivity contribution in [1.82, 2.24) is 10.2 Å². The smallest absolute Gasteiger partial charge is 0.317 e. The van der Waals surface area contributed by atoms with E-state index in [1.54, 1.807) is 19.1 Å². The number of rotatable bonds is 7. The Labute approximate surface area is 91.7 Å². The lowest BCUT2D eigenvalue weighted by molar-refractivity contribution is 0.0906. The van der Waals surface area contributed by atoms with Crippen LogP contribution in [0.4, 0.5) is 4.79 Å². The quantitative estimate of drug-likeness (QED) is 0.684. The van der Waals surface area contributed by atoms with Crippen LogP contribution in [-0.2, 0) is 9.47 Å². The van der Waals surface area contributed by atoms with E-state index >= 15 is 0 Å². The van der Waals surface area contributed by atoms with Gasteiger partial charge >= 0.3 is 6.03 Å². The van der Waals surface area contributed by atoms with Crippen molar-refractivity contribution in [2.75, 3.05) is 40.5 Å². The van der Waals surface area contributed by atoms with E-state index in [9.17, 15) is 4.79 Å². The lowest BCUT2D eigenvalue weighted by Crippen LogP contribution is -2.48. The minimum absolute atomic E-state index is 0.0525. The number of urea groups is 1. The van der Waals surface area contributed by atoms with E-state index in [1.165, 1.54) is 0 Å². The molecule has 0 aliphatic carbocycles. The Morgan fingerprint density at radius 3 is 2.53 bits per heavy atom. The average Bonchev–Trinajstić information content (AvgIpc) is 2.19. The molecule has 5 heteroatoms. The minimum atomic E-state index is -0.0703. The molecule has 0 bridgehead atoms. The van der Waals surface area contributed by atoms with E-state index in [0.29, 0.717) is 26.3 Å². The fourth-order valence-electron chi connectivity index (χ4n) is 1.30. The third-order valence-corrected chi connectivity index (χ3v) is 2.07. The molecule has 90 valence electrons. The van der Waals surface area contributed by atoms with E-state index in [2.05, 4.69) is 5.32 Å². The van der Waals surface area contributed by atoms with Gasteiger partial charge in [-0.3, -0.25) is 0 Å². The maximum Gasteiger partial charge on any atom is 0.317 e. The van der Waals surface area contributed by atoms with Gasteiger partial charge in [0.15, 0.2) is 0 Å². The molecule has 1 atom stereocenters. The maximum atomic E-state index is 11.7. The van der Waals surface area contributed by atoms with Crippen LogP contribution < -0.4 is 5.32 Å². The summed E-state index contributed by atoms with van der Waals surface area (Å²) in [5, 5.41) is 2.77. The Balaban J connectivity index is 4.21. The first-order chi connectivity index (χ1) is 7.17. The second-order valence-corrected chi connectivity index (χ2v) is 3.33. The first-order valence-corrected chi connectivity index (χ1v) is 5.19. The SMILES string of the molecule is CCNC(=O)N(CCOC)C(C)COC. The summed E-state index contributed by atoms with van der Waals surface area (Å²) in [6.45, 7) is 6.11. The fraction of sp³-hybridized carbons (Fsp3) is 0.900. The number of nitrogens with zero attached hydrogens (tertiary/aromatic N) is 1. The highest BCUT2D eigenvalue weighted by atomic mass is 16.5. The van der Waals surface area contributed by atoms with Gasteiger partial charge in [-0.2, -0.15) is 0 Å². The lowest BCUT2D eigenvalue weighted by Gasteiger charge is -2.28. The Kier molecular flexibility index (Phi) is 8.04. The molecule has 15 heavy (non-hydrogen) atoms. The molecule has 0 aliphatic heterocycles. The molecule has 0 aromatic heterocycles. The third-order valence-electron chi connectivity index (χ3n) is 2.07. The molecule has 0 saturated carbocycles. The molecule has 0 aromatic carbocycles. The van der Waals surface area contributed by atoms with Crippen LogP contribution in [0.1, 0.15) is 13.8 Å². The third kappa shape index (κ3) is 5.59. The predicted octanol–water partition coefficient (Wildman–Crippen LogP) is 0.699. The monoisotopic (exact) mass is 218 g/mol. The number of carbonyl (C=O) groups is 1. The molecule has 0 aromatic rings. The van der Waals surface area contributed by atoms with Gasteiger partial charge in [-0.15, -0.1) is 0 Å². The summed E-state index contributed by atoms with van der Waals surface area (Å²) >= 11 is 0. The largest absolute Gasteiger partial charge is 0.383 e. The molecule has 0 spiro atoms. The van der Waals surface area contributed by atoms with Gasteiger partial charge in [0, 0.05) is 27.3 Å². The van der Waals surface area contributed by atoms with Crippen molar-refractivity contribution in [3.8, 4) is 0 Å². The molecular weight excluding hydrogens is 196 g/mol. The molecule has 0 rings (SSSR count). The van der Waals surface area contributed by atoms with Gasteiger partial charge in [-0.1, -0.05) is 0 Å². The van der Waals surface area contributed by atoms with Crippen LogP contribution >= 0.6 is 0 Å². The molecule has 0 heterocycles. The molecule has 0 fully saturated rings. The standard InChI is InChI=1S/C10H22N2O3/c1-5-11-10(13)12(6-7-14-3)9(2)8-15-4/h9H,5-8H2,1-4H3,(H,11,13). The van der Waals surface area contributed by atoms with E-state index in [4.69, 9.17) is 9.47 Å². The summed E-state index contributed by atoms with van der Waals surface area (Å²) < 4.78 is 10.00. The van der Waals surface area contributed by atoms with Crippen LogP contribution in [0.2, 0.25) is 0 Å². The Morgan fingerprint density at radius 2 is 2.07 bits per heavy atom. The number of amides is 2. The predicted molar refractivity (Wildman–Crippen MR) is 59.0 cm³/mol. The van der Waals surface area contributed by atoms with E-state index in [-0.39, 0.29) is 12.1 Å². The molecule has 5 nitrogen and oxygen atoms in total. The molecule has 0 aliphatic rings. The molecule has 2 amide bonds. The molecule has 1 unspecified atom stereocenters. The summed E-state index contributed by atoms with van der Waals surface area (Å²) in [5.74, 6) is 0. The zero-order valence-corrected chi connectivity index (χ0v) is 10.1. The topological polar surface area (TPSA) is 50.8 Å². The Morgan fingerprint density at radius 1 is 1.40 bits per heavy atom. The molecule has 0 saturated heterocycles. The first-order valence-electron chi connectivity index (χ1n) is 5.19. The summed E-state index contributed by atoms with van der Waals surface area (Å²) in [6, 6.07) is -0.0178. The summed E-state index contributed by atoms with van der Waals surface area (Å²) in [7, 11) is 3.25. The van der Waals surface area contributed by atoms with Crippen LogP contribution in [0.5, 0.6) is 0 Å². The van der Waals surface area contributed by atoms with Gasteiger partial charge < -0.3 is 19.7 Å². The maximum absolute atomic E-state index is 11.7. The van der Waals surface area contributed by atoms with Crippen molar-refractivity contribution in [2.24, 2.45) is 0 Å². The summed E-state index contributed by atoms with van der Waals surface area (Å²) in [4.78, 5) is 13.4. The zero-order valence-electron chi connectivity index (χ0n) is 10.1. The second kappa shape index (κ2) is 8.49. The van der Waals surface area contributed by atoms with Crippen LogP contribution in [0.15, 0.2) is 0 Å². The van der Waals surface area contributed by atoms with Crippen LogP contribution in [-0.4, -0.2) is 57.5 Å². The number of ether oxygens (including phenoxy) is 2. The van der Waals surface area contributed by atoms with Crippen molar-refractivity contribution >= 4 is 6.03 Å². The van der Waals surface area contributed by atoms with Crippen LogP contribution in [0.25, 0.3) is 0 Å². The van der Waals surface area contributed by atoms with Gasteiger partial charge in [0.1, 0.15) is 0 Å². The van der Waals surface area contributed by atoms with E-state index in [0.717, 1.165) is 0 Å². The van der Waals surface area contributed by atoms with Gasteiger partial charge in [-0.25, -0.2) is 4.79 Å². The van der Waals surface area contributed by atoms with Crippen molar-refractivity contribution in [1.29, 1.82) is 0 Å². The van der Waals surface area contributed by atoms with Crippen molar-refractivity contribution in [3.05, 3.63) is 0 Å². The fourth-order valence-corrected chi connectivity index (χ4v) is 1.30. The van der Waals surface area contributed by atoms with Gasteiger partial charge in [0.2, 0.25) is 0 Å². The minimum Gasteiger partial charge on any atom is -0.383 e. The van der Waals surface area contributed by atoms with Crippen molar-refractivity contribution in [2.45, 2.75) is 19.9 Å². The summed E-state index contributed by atoms with van der Waals surface area (Å²) in [5.41, 5.74) is 0. The number of nitrogens with one attached hydrogen (secondary N) is 1. The van der Waals surface area contributed by atoms with E-state index < -0.39 is 0 Å². The average molecular weight is 218 g/mol. The molecule has 1 N–H and O–H groups in total. The zero-order chi connectivity index (χ0) is 11.7.